The first-order valence-electron chi connectivity index (χ1n) is 3.65. The van der Waals surface area contributed by atoms with Crippen LogP contribution in [0.1, 0.15) is 0 Å². The number of alkyl halides is 1. The number of morpholine rings is 1. The molecule has 0 amide bonds. The van der Waals surface area contributed by atoms with Crippen molar-refractivity contribution in [2.24, 2.45) is 0 Å². The largest absolute Gasteiger partial charge is 0.361 e. The molecule has 0 radical (unpaired) electrons. The van der Waals surface area contributed by atoms with Gasteiger partial charge in [0.2, 0.25) is 10.0 Å². The Morgan fingerprint density at radius 3 is 2.92 bits per heavy atom. The lowest BCUT2D eigenvalue weighted by Crippen LogP contribution is -2.45. The predicted molar refractivity (Wildman–Crippen MR) is 49.6 cm³/mol. The molecule has 74 valence electrons. The maximum atomic E-state index is 11.3. The minimum Gasteiger partial charge on any atom is -0.361 e. The van der Waals surface area contributed by atoms with E-state index in [0.29, 0.717) is 6.54 Å². The highest BCUT2D eigenvalue weighted by atomic mass is 79.9. The van der Waals surface area contributed by atoms with E-state index >= 15 is 0 Å². The molecule has 1 heterocycles. The minimum absolute atomic E-state index is 0.113. The van der Waals surface area contributed by atoms with Crippen molar-refractivity contribution in [2.45, 2.75) is 6.10 Å². The van der Waals surface area contributed by atoms with Crippen molar-refractivity contribution in [1.82, 2.24) is 4.31 Å². The summed E-state index contributed by atoms with van der Waals surface area (Å²) < 4.78 is 28.8. The van der Waals surface area contributed by atoms with E-state index in [1.54, 1.807) is 0 Å². The molecular weight excluding hydrogens is 260 g/mol. The van der Waals surface area contributed by atoms with E-state index in [1.165, 1.54) is 4.31 Å². The first-order chi connectivity index (χ1) is 6.10. The third-order valence-corrected chi connectivity index (χ3v) is 4.83. The van der Waals surface area contributed by atoms with Crippen LogP contribution in [0.2, 0.25) is 0 Å². The van der Waals surface area contributed by atoms with Crippen molar-refractivity contribution in [3.63, 3.8) is 0 Å². The van der Waals surface area contributed by atoms with Crippen LogP contribution in [-0.4, -0.2) is 43.2 Å². The highest BCUT2D eigenvalue weighted by Gasteiger charge is 2.28. The van der Waals surface area contributed by atoms with E-state index < -0.39 is 16.1 Å². The Bertz CT molecular complexity index is 310. The van der Waals surface area contributed by atoms with Crippen LogP contribution >= 0.6 is 15.9 Å². The average molecular weight is 269 g/mol. The monoisotopic (exact) mass is 268 g/mol. The molecule has 0 aromatic rings. The van der Waals surface area contributed by atoms with E-state index in [2.05, 4.69) is 15.9 Å². The molecule has 0 aromatic carbocycles. The smallest absolute Gasteiger partial charge is 0.224 e. The summed E-state index contributed by atoms with van der Waals surface area (Å²) in [5.74, 6) is 0. The van der Waals surface area contributed by atoms with Gasteiger partial charge in [-0.05, 0) is 0 Å². The third kappa shape index (κ3) is 2.64. The quantitative estimate of drug-likeness (QED) is 0.656. The van der Waals surface area contributed by atoms with Gasteiger partial charge in [0, 0.05) is 6.54 Å². The summed E-state index contributed by atoms with van der Waals surface area (Å²) in [6.07, 6.45) is -0.637. The Labute approximate surface area is 85.5 Å². The molecule has 1 unspecified atom stereocenters. The van der Waals surface area contributed by atoms with Gasteiger partial charge in [0.25, 0.3) is 0 Å². The number of halogens is 1. The number of hydrogen-bond donors (Lipinski definition) is 0. The van der Waals surface area contributed by atoms with Crippen LogP contribution in [0.15, 0.2) is 0 Å². The Morgan fingerprint density at radius 2 is 2.38 bits per heavy atom. The summed E-state index contributed by atoms with van der Waals surface area (Å²) in [6.45, 7) is 0.737. The normalized spacial score (nSPS) is 25.4. The van der Waals surface area contributed by atoms with Crippen LogP contribution in [0.4, 0.5) is 0 Å². The maximum Gasteiger partial charge on any atom is 0.224 e. The lowest BCUT2D eigenvalue weighted by atomic mass is 10.3. The van der Waals surface area contributed by atoms with E-state index in [4.69, 9.17) is 10.00 Å². The van der Waals surface area contributed by atoms with Crippen LogP contribution in [0.3, 0.4) is 0 Å². The van der Waals surface area contributed by atoms with Crippen LogP contribution in [0, 0.1) is 11.3 Å². The molecule has 1 saturated heterocycles. The molecule has 0 aliphatic carbocycles. The zero-order valence-electron chi connectivity index (χ0n) is 6.81. The first-order valence-corrected chi connectivity index (χ1v) is 6.38. The van der Waals surface area contributed by atoms with Crippen LogP contribution in [0.5, 0.6) is 0 Å². The molecular formula is C6H9BrN2O3S. The number of nitriles is 1. The highest BCUT2D eigenvalue weighted by molar-refractivity contribution is 9.10. The molecule has 5 nitrogen and oxygen atoms in total. The topological polar surface area (TPSA) is 70.4 Å². The van der Waals surface area contributed by atoms with E-state index in [-0.39, 0.29) is 17.8 Å². The van der Waals surface area contributed by atoms with Gasteiger partial charge in [-0.3, -0.25) is 0 Å². The molecule has 1 atom stereocenters. The fourth-order valence-corrected chi connectivity index (χ4v) is 2.75. The molecule has 0 spiro atoms. The molecule has 7 heteroatoms. The Hall–Kier alpha value is -0.160. The number of nitrogens with zero attached hydrogens (tertiary/aromatic N) is 2. The van der Waals surface area contributed by atoms with Crippen molar-refractivity contribution >= 4 is 26.0 Å². The Balaban J connectivity index is 2.68. The predicted octanol–water partition coefficient (Wildman–Crippen LogP) is -0.107. The molecule has 1 aliphatic rings. The van der Waals surface area contributed by atoms with Crippen LogP contribution in [0.25, 0.3) is 0 Å². The second-order valence-electron chi connectivity index (χ2n) is 2.57. The van der Waals surface area contributed by atoms with Crippen molar-refractivity contribution in [1.29, 1.82) is 5.26 Å². The first kappa shape index (κ1) is 10.9. The van der Waals surface area contributed by atoms with Gasteiger partial charge in [-0.15, -0.1) is 0 Å². The summed E-state index contributed by atoms with van der Waals surface area (Å²) in [5.41, 5.74) is 0. The standard InChI is InChI=1S/C6H9BrN2O3S/c7-5-13(10,11)9-1-2-12-6(3-8)4-9/h6H,1-2,4-5H2. The maximum absolute atomic E-state index is 11.3. The summed E-state index contributed by atoms with van der Waals surface area (Å²) in [7, 11) is -3.25. The van der Waals surface area contributed by atoms with Gasteiger partial charge in [-0.1, -0.05) is 15.9 Å². The van der Waals surface area contributed by atoms with Crippen molar-refractivity contribution in [3.8, 4) is 6.07 Å². The molecule has 1 aliphatic heterocycles. The molecule has 1 fully saturated rings. The second-order valence-corrected chi connectivity index (χ2v) is 5.84. The lowest BCUT2D eigenvalue weighted by molar-refractivity contribution is 0.0313. The Kier molecular flexibility index (Phi) is 3.67. The van der Waals surface area contributed by atoms with Crippen molar-refractivity contribution in [2.75, 3.05) is 24.4 Å². The molecule has 0 saturated carbocycles. The van der Waals surface area contributed by atoms with Crippen molar-refractivity contribution < 1.29 is 13.2 Å². The number of sulfonamides is 1. The fraction of sp³-hybridized carbons (Fsp3) is 0.833. The zero-order chi connectivity index (χ0) is 9.90. The summed E-state index contributed by atoms with van der Waals surface area (Å²) in [4.78, 5) is 0. The zero-order valence-corrected chi connectivity index (χ0v) is 9.21. The highest BCUT2D eigenvalue weighted by Crippen LogP contribution is 2.11. The average Bonchev–Trinajstić information content (AvgIpc) is 2.18. The third-order valence-electron chi connectivity index (χ3n) is 1.70. The van der Waals surface area contributed by atoms with Crippen LogP contribution < -0.4 is 0 Å². The van der Waals surface area contributed by atoms with E-state index in [1.807, 2.05) is 6.07 Å². The Morgan fingerprint density at radius 1 is 1.69 bits per heavy atom. The molecule has 0 aromatic heterocycles. The number of hydrogen-bond acceptors (Lipinski definition) is 4. The minimum atomic E-state index is -3.25. The molecule has 0 N–H and O–H groups in total. The van der Waals surface area contributed by atoms with Crippen molar-refractivity contribution in [3.05, 3.63) is 0 Å². The van der Waals surface area contributed by atoms with Gasteiger partial charge in [0.15, 0.2) is 6.10 Å². The van der Waals surface area contributed by atoms with Gasteiger partial charge in [-0.25, -0.2) is 8.42 Å². The summed E-state index contributed by atoms with van der Waals surface area (Å²) in [6, 6.07) is 1.89. The lowest BCUT2D eigenvalue weighted by Gasteiger charge is -2.28. The number of rotatable bonds is 2. The van der Waals surface area contributed by atoms with E-state index in [9.17, 15) is 8.42 Å². The van der Waals surface area contributed by atoms with Crippen LogP contribution in [-0.2, 0) is 14.8 Å². The van der Waals surface area contributed by atoms with Gasteiger partial charge < -0.3 is 4.74 Å². The molecule has 13 heavy (non-hydrogen) atoms. The molecule has 0 bridgehead atoms. The van der Waals surface area contributed by atoms with Gasteiger partial charge >= 0.3 is 0 Å². The summed E-state index contributed by atoms with van der Waals surface area (Å²) in [5, 5.41) is 8.54. The summed E-state index contributed by atoms with van der Waals surface area (Å²) >= 11 is 2.89. The number of ether oxygens (including phenoxy) is 1. The van der Waals surface area contributed by atoms with Gasteiger partial charge in [0.05, 0.1) is 19.2 Å². The van der Waals surface area contributed by atoms with Gasteiger partial charge in [-0.2, -0.15) is 9.57 Å². The van der Waals surface area contributed by atoms with E-state index in [0.717, 1.165) is 0 Å². The van der Waals surface area contributed by atoms with Gasteiger partial charge in [0.1, 0.15) is 4.66 Å². The molecule has 1 rings (SSSR count). The second kappa shape index (κ2) is 4.37. The fourth-order valence-electron chi connectivity index (χ4n) is 1.03. The SMILES string of the molecule is N#CC1CN(S(=O)(=O)CBr)CCO1.